The van der Waals surface area contributed by atoms with Crippen molar-refractivity contribution in [3.8, 4) is 0 Å². The summed E-state index contributed by atoms with van der Waals surface area (Å²) < 4.78 is 5.58. The zero-order valence-electron chi connectivity index (χ0n) is 11.6. The Morgan fingerprint density at radius 1 is 0.941 bits per heavy atom. The minimum absolute atomic E-state index is 0.661. The van der Waals surface area contributed by atoms with Crippen LogP contribution in [0.2, 0.25) is 0 Å². The van der Waals surface area contributed by atoms with Crippen LogP contribution in [0.5, 0.6) is 0 Å². The quantitative estimate of drug-likeness (QED) is 0.460. The Morgan fingerprint density at radius 2 is 1.59 bits per heavy atom. The molecule has 0 aromatic carbocycles. The lowest BCUT2D eigenvalue weighted by atomic mass is 9.92. The highest BCUT2D eigenvalue weighted by Crippen LogP contribution is 2.28. The van der Waals surface area contributed by atoms with Crippen molar-refractivity contribution < 1.29 is 4.42 Å². The molecule has 0 saturated heterocycles. The number of rotatable bonds is 10. The first-order valence-corrected chi connectivity index (χ1v) is 7.41. The van der Waals surface area contributed by atoms with Gasteiger partial charge in [-0.15, -0.1) is 0 Å². The van der Waals surface area contributed by atoms with Crippen LogP contribution in [-0.4, -0.2) is 0 Å². The Morgan fingerprint density at radius 3 is 2.18 bits per heavy atom. The normalized spacial score (nSPS) is 12.8. The summed E-state index contributed by atoms with van der Waals surface area (Å²) in [5, 5.41) is 0. The molecule has 1 aromatic heterocycles. The van der Waals surface area contributed by atoms with Gasteiger partial charge in [0.1, 0.15) is 5.76 Å². The first-order valence-electron chi connectivity index (χ1n) is 7.41. The Bertz CT molecular complexity index is 250. The molecule has 1 nitrogen and oxygen atoms in total. The zero-order valence-corrected chi connectivity index (χ0v) is 11.6. The number of unbranched alkanes of at least 4 members (excludes halogenated alkanes) is 5. The molecule has 1 heterocycles. The van der Waals surface area contributed by atoms with Gasteiger partial charge >= 0.3 is 0 Å². The summed E-state index contributed by atoms with van der Waals surface area (Å²) in [6.45, 7) is 4.54. The summed E-state index contributed by atoms with van der Waals surface area (Å²) in [6.07, 6.45) is 13.8. The van der Waals surface area contributed by atoms with Gasteiger partial charge in [-0.25, -0.2) is 0 Å². The average molecular weight is 236 g/mol. The summed E-state index contributed by atoms with van der Waals surface area (Å²) in [4.78, 5) is 0. The van der Waals surface area contributed by atoms with Crippen molar-refractivity contribution in [2.45, 2.75) is 77.6 Å². The average Bonchev–Trinajstić information content (AvgIpc) is 2.86. The highest BCUT2D eigenvalue weighted by Gasteiger charge is 2.13. The molecule has 17 heavy (non-hydrogen) atoms. The fraction of sp³-hybridized carbons (Fsp3) is 0.750. The minimum atomic E-state index is 0.661. The van der Waals surface area contributed by atoms with E-state index in [9.17, 15) is 0 Å². The molecule has 0 amide bonds. The highest BCUT2D eigenvalue weighted by atomic mass is 16.3. The molecule has 1 unspecified atom stereocenters. The van der Waals surface area contributed by atoms with E-state index >= 15 is 0 Å². The topological polar surface area (TPSA) is 13.1 Å². The van der Waals surface area contributed by atoms with Gasteiger partial charge in [0, 0.05) is 5.92 Å². The first-order chi connectivity index (χ1) is 8.38. The van der Waals surface area contributed by atoms with Crippen molar-refractivity contribution in [3.63, 3.8) is 0 Å². The molecule has 0 N–H and O–H groups in total. The maximum atomic E-state index is 5.58. The largest absolute Gasteiger partial charge is 0.469 e. The lowest BCUT2D eigenvalue weighted by molar-refractivity contribution is 0.408. The Balaban J connectivity index is 2.31. The van der Waals surface area contributed by atoms with Crippen molar-refractivity contribution in [3.05, 3.63) is 24.2 Å². The van der Waals surface area contributed by atoms with Crippen LogP contribution in [0, 0.1) is 0 Å². The van der Waals surface area contributed by atoms with Crippen molar-refractivity contribution in [2.75, 3.05) is 0 Å². The summed E-state index contributed by atoms with van der Waals surface area (Å²) in [5.41, 5.74) is 0. The van der Waals surface area contributed by atoms with Crippen LogP contribution in [0.15, 0.2) is 22.8 Å². The third-order valence-electron chi connectivity index (χ3n) is 3.51. The molecule has 1 heteroatoms. The summed E-state index contributed by atoms with van der Waals surface area (Å²) in [5.74, 6) is 1.87. The third kappa shape index (κ3) is 5.95. The van der Waals surface area contributed by atoms with E-state index in [-0.39, 0.29) is 0 Å². The molecular weight excluding hydrogens is 208 g/mol. The molecule has 0 aliphatic carbocycles. The van der Waals surface area contributed by atoms with Gasteiger partial charge in [-0.3, -0.25) is 0 Å². The first kappa shape index (κ1) is 14.3. The van der Waals surface area contributed by atoms with Crippen molar-refractivity contribution in [1.29, 1.82) is 0 Å². The van der Waals surface area contributed by atoms with E-state index in [4.69, 9.17) is 4.42 Å². The van der Waals surface area contributed by atoms with Crippen LogP contribution < -0.4 is 0 Å². The van der Waals surface area contributed by atoms with Crippen molar-refractivity contribution >= 4 is 0 Å². The summed E-state index contributed by atoms with van der Waals surface area (Å²) >= 11 is 0. The van der Waals surface area contributed by atoms with E-state index in [0.717, 1.165) is 0 Å². The lowest BCUT2D eigenvalue weighted by Crippen LogP contribution is -1.98. The van der Waals surface area contributed by atoms with Gasteiger partial charge in [0.05, 0.1) is 6.26 Å². The highest BCUT2D eigenvalue weighted by molar-refractivity contribution is 5.05. The smallest absolute Gasteiger partial charge is 0.106 e. The van der Waals surface area contributed by atoms with Gasteiger partial charge in [0.25, 0.3) is 0 Å². The van der Waals surface area contributed by atoms with Crippen LogP contribution in [0.4, 0.5) is 0 Å². The monoisotopic (exact) mass is 236 g/mol. The molecule has 1 rings (SSSR count). The maximum absolute atomic E-state index is 5.58. The van der Waals surface area contributed by atoms with Crippen LogP contribution in [0.25, 0.3) is 0 Å². The zero-order chi connectivity index (χ0) is 12.3. The molecule has 0 bridgehead atoms. The minimum Gasteiger partial charge on any atom is -0.469 e. The molecule has 0 fully saturated rings. The molecule has 0 spiro atoms. The molecule has 98 valence electrons. The van der Waals surface area contributed by atoms with Gasteiger partial charge in [0.15, 0.2) is 0 Å². The van der Waals surface area contributed by atoms with Gasteiger partial charge in [-0.2, -0.15) is 0 Å². The molecule has 0 aliphatic rings. The Kier molecular flexibility index (Phi) is 7.87. The second-order valence-electron chi connectivity index (χ2n) is 5.06. The molecule has 1 aromatic rings. The predicted molar refractivity (Wildman–Crippen MR) is 74.4 cm³/mol. The number of hydrogen-bond acceptors (Lipinski definition) is 1. The van der Waals surface area contributed by atoms with Gasteiger partial charge < -0.3 is 4.42 Å². The number of furan rings is 1. The Labute approximate surface area is 107 Å². The number of hydrogen-bond donors (Lipinski definition) is 0. The summed E-state index contributed by atoms with van der Waals surface area (Å²) in [6, 6.07) is 4.17. The van der Waals surface area contributed by atoms with Crippen LogP contribution in [0.3, 0.4) is 0 Å². The maximum Gasteiger partial charge on any atom is 0.106 e. The summed E-state index contributed by atoms with van der Waals surface area (Å²) in [7, 11) is 0. The predicted octanol–water partition coefficient (Wildman–Crippen LogP) is 5.91. The molecular formula is C16H28O. The lowest BCUT2D eigenvalue weighted by Gasteiger charge is -2.14. The van der Waals surface area contributed by atoms with E-state index in [1.165, 1.54) is 63.5 Å². The van der Waals surface area contributed by atoms with E-state index in [0.29, 0.717) is 5.92 Å². The van der Waals surface area contributed by atoms with Gasteiger partial charge in [-0.05, 0) is 25.0 Å². The van der Waals surface area contributed by atoms with Crippen molar-refractivity contribution in [1.82, 2.24) is 0 Å². The van der Waals surface area contributed by atoms with Crippen LogP contribution >= 0.6 is 0 Å². The fourth-order valence-electron chi connectivity index (χ4n) is 2.41. The second-order valence-corrected chi connectivity index (χ2v) is 5.06. The third-order valence-corrected chi connectivity index (χ3v) is 3.51. The SMILES string of the molecule is CCCCCCC(CCCCC)c1ccco1. The standard InChI is InChI=1S/C16H28O/c1-3-5-7-9-12-15(11-8-6-4-2)16-13-10-14-17-16/h10,13-15H,3-9,11-12H2,1-2H3. The Hall–Kier alpha value is -0.720. The molecule has 0 aliphatic heterocycles. The van der Waals surface area contributed by atoms with Gasteiger partial charge in [-0.1, -0.05) is 58.8 Å². The molecule has 0 radical (unpaired) electrons. The van der Waals surface area contributed by atoms with Crippen LogP contribution in [0.1, 0.15) is 83.3 Å². The van der Waals surface area contributed by atoms with E-state index in [1.807, 2.05) is 12.3 Å². The van der Waals surface area contributed by atoms with Gasteiger partial charge in [0.2, 0.25) is 0 Å². The van der Waals surface area contributed by atoms with E-state index in [2.05, 4.69) is 19.9 Å². The van der Waals surface area contributed by atoms with E-state index < -0.39 is 0 Å². The molecule has 0 saturated carbocycles. The van der Waals surface area contributed by atoms with Crippen molar-refractivity contribution in [2.24, 2.45) is 0 Å². The van der Waals surface area contributed by atoms with E-state index in [1.54, 1.807) is 0 Å². The second kappa shape index (κ2) is 9.32. The fourth-order valence-corrected chi connectivity index (χ4v) is 2.41. The molecule has 1 atom stereocenters. The van der Waals surface area contributed by atoms with Crippen LogP contribution in [-0.2, 0) is 0 Å².